The summed E-state index contributed by atoms with van der Waals surface area (Å²) in [5.41, 5.74) is -0.256. The van der Waals surface area contributed by atoms with Gasteiger partial charge in [0, 0.05) is 6.07 Å². The summed E-state index contributed by atoms with van der Waals surface area (Å²) in [6.45, 7) is 1.28. The second-order valence-corrected chi connectivity index (χ2v) is 2.58. The highest BCUT2D eigenvalue weighted by Crippen LogP contribution is 2.16. The molecular formula is C8H7F2NO2. The Morgan fingerprint density at radius 2 is 2.23 bits per heavy atom. The maximum atomic E-state index is 12.9. The van der Waals surface area contributed by atoms with Crippen molar-refractivity contribution in [3.8, 4) is 0 Å². The molecule has 0 saturated heterocycles. The smallest absolute Gasteiger partial charge is 0.312 e. The number of carbonyl (C=O) groups is 1. The van der Waals surface area contributed by atoms with Crippen molar-refractivity contribution in [2.24, 2.45) is 0 Å². The van der Waals surface area contributed by atoms with E-state index in [1.807, 2.05) is 0 Å². The first-order valence-corrected chi connectivity index (χ1v) is 3.56. The minimum absolute atomic E-state index is 0.256. The molecule has 0 amide bonds. The van der Waals surface area contributed by atoms with Gasteiger partial charge in [0.15, 0.2) is 0 Å². The third-order valence-electron chi connectivity index (χ3n) is 1.62. The summed E-state index contributed by atoms with van der Waals surface area (Å²) in [6, 6.07) is 0.613. The third-order valence-corrected chi connectivity index (χ3v) is 1.62. The molecule has 0 aliphatic heterocycles. The van der Waals surface area contributed by atoms with E-state index in [-0.39, 0.29) is 5.69 Å². The number of carboxylic acid groups (broad SMARTS) is 1. The fraction of sp³-hybridized carbons (Fsp3) is 0.250. The summed E-state index contributed by atoms with van der Waals surface area (Å²) in [6.07, 6.45) is 0.790. The molecule has 1 rings (SSSR count). The average molecular weight is 187 g/mol. The Kier molecular flexibility index (Phi) is 2.55. The topological polar surface area (TPSA) is 50.2 Å². The molecule has 0 fully saturated rings. The van der Waals surface area contributed by atoms with Gasteiger partial charge in [-0.25, -0.2) is 8.78 Å². The molecule has 1 unspecified atom stereocenters. The van der Waals surface area contributed by atoms with Gasteiger partial charge in [-0.15, -0.1) is 0 Å². The SMILES string of the molecule is CC(C(=O)O)c1ncc(F)cc1F. The van der Waals surface area contributed by atoms with Gasteiger partial charge >= 0.3 is 5.97 Å². The molecule has 3 nitrogen and oxygen atoms in total. The van der Waals surface area contributed by atoms with E-state index < -0.39 is 23.5 Å². The number of hydrogen-bond acceptors (Lipinski definition) is 2. The molecule has 0 aromatic carbocycles. The molecule has 13 heavy (non-hydrogen) atoms. The van der Waals surface area contributed by atoms with E-state index in [1.165, 1.54) is 6.92 Å². The van der Waals surface area contributed by atoms with Crippen LogP contribution in [0, 0.1) is 11.6 Å². The number of pyridine rings is 1. The lowest BCUT2D eigenvalue weighted by atomic mass is 10.1. The highest BCUT2D eigenvalue weighted by Gasteiger charge is 2.19. The van der Waals surface area contributed by atoms with E-state index in [9.17, 15) is 13.6 Å². The van der Waals surface area contributed by atoms with Gasteiger partial charge in [0.1, 0.15) is 11.6 Å². The van der Waals surface area contributed by atoms with Crippen LogP contribution in [0.4, 0.5) is 8.78 Å². The quantitative estimate of drug-likeness (QED) is 0.764. The molecule has 1 aromatic rings. The van der Waals surface area contributed by atoms with Gasteiger partial charge in [-0.05, 0) is 6.92 Å². The van der Waals surface area contributed by atoms with Crippen molar-refractivity contribution in [3.05, 3.63) is 29.6 Å². The minimum Gasteiger partial charge on any atom is -0.481 e. The molecule has 1 aromatic heterocycles. The maximum absolute atomic E-state index is 12.9. The molecule has 0 aliphatic rings. The van der Waals surface area contributed by atoms with Crippen LogP contribution in [0.25, 0.3) is 0 Å². The zero-order valence-electron chi connectivity index (χ0n) is 6.79. The van der Waals surface area contributed by atoms with Crippen LogP contribution in [0.1, 0.15) is 18.5 Å². The van der Waals surface area contributed by atoms with Crippen molar-refractivity contribution in [1.29, 1.82) is 0 Å². The molecule has 0 radical (unpaired) electrons. The Bertz CT molecular complexity index is 341. The van der Waals surface area contributed by atoms with Crippen molar-refractivity contribution in [3.63, 3.8) is 0 Å². The molecule has 0 spiro atoms. The van der Waals surface area contributed by atoms with Crippen LogP contribution in [0.2, 0.25) is 0 Å². The van der Waals surface area contributed by atoms with Crippen LogP contribution in [0.5, 0.6) is 0 Å². The number of aromatic nitrogens is 1. The van der Waals surface area contributed by atoms with Gasteiger partial charge in [0.2, 0.25) is 0 Å². The monoisotopic (exact) mass is 187 g/mol. The van der Waals surface area contributed by atoms with Crippen LogP contribution in [0.15, 0.2) is 12.3 Å². The first-order chi connectivity index (χ1) is 6.02. The van der Waals surface area contributed by atoms with Crippen LogP contribution in [-0.4, -0.2) is 16.1 Å². The average Bonchev–Trinajstić information content (AvgIpc) is 2.03. The molecule has 0 aliphatic carbocycles. The van der Waals surface area contributed by atoms with Crippen molar-refractivity contribution in [2.75, 3.05) is 0 Å². The number of hydrogen-bond donors (Lipinski definition) is 1. The van der Waals surface area contributed by atoms with Gasteiger partial charge in [-0.3, -0.25) is 9.78 Å². The predicted octanol–water partition coefficient (Wildman–Crippen LogP) is 1.55. The standard InChI is InChI=1S/C8H7F2NO2/c1-4(8(12)13)7-6(10)2-5(9)3-11-7/h2-4H,1H3,(H,12,13). The lowest BCUT2D eigenvalue weighted by Crippen LogP contribution is -2.11. The summed E-state index contributed by atoms with van der Waals surface area (Å²) in [7, 11) is 0. The van der Waals surface area contributed by atoms with Crippen LogP contribution >= 0.6 is 0 Å². The molecule has 5 heteroatoms. The summed E-state index contributed by atoms with van der Waals surface area (Å²) in [4.78, 5) is 13.8. The van der Waals surface area contributed by atoms with Crippen LogP contribution in [-0.2, 0) is 4.79 Å². The number of carboxylic acids is 1. The van der Waals surface area contributed by atoms with E-state index in [0.717, 1.165) is 6.20 Å². The van der Waals surface area contributed by atoms with Gasteiger partial charge in [0.05, 0.1) is 17.8 Å². The number of rotatable bonds is 2. The summed E-state index contributed by atoms with van der Waals surface area (Å²) >= 11 is 0. The fourth-order valence-electron chi connectivity index (χ4n) is 0.861. The van der Waals surface area contributed by atoms with Crippen molar-refractivity contribution < 1.29 is 18.7 Å². The second kappa shape index (κ2) is 3.47. The van der Waals surface area contributed by atoms with Gasteiger partial charge in [-0.1, -0.05) is 0 Å². The molecule has 0 saturated carbocycles. The highest BCUT2D eigenvalue weighted by molar-refractivity contribution is 5.74. The van der Waals surface area contributed by atoms with Gasteiger partial charge in [-0.2, -0.15) is 0 Å². The molecule has 0 bridgehead atoms. The molecule has 1 heterocycles. The Hall–Kier alpha value is -1.52. The first-order valence-electron chi connectivity index (χ1n) is 3.56. The maximum Gasteiger partial charge on any atom is 0.312 e. The van der Waals surface area contributed by atoms with Crippen LogP contribution < -0.4 is 0 Å². The molecule has 1 N–H and O–H groups in total. The van der Waals surface area contributed by atoms with E-state index in [4.69, 9.17) is 5.11 Å². The Morgan fingerprint density at radius 3 is 2.69 bits per heavy atom. The fourth-order valence-corrected chi connectivity index (χ4v) is 0.861. The van der Waals surface area contributed by atoms with E-state index in [2.05, 4.69) is 4.98 Å². The van der Waals surface area contributed by atoms with Crippen molar-refractivity contribution in [2.45, 2.75) is 12.8 Å². The number of aliphatic carboxylic acids is 1. The molecule has 1 atom stereocenters. The van der Waals surface area contributed by atoms with E-state index >= 15 is 0 Å². The van der Waals surface area contributed by atoms with Crippen molar-refractivity contribution >= 4 is 5.97 Å². The zero-order valence-corrected chi connectivity index (χ0v) is 6.79. The molecule has 70 valence electrons. The summed E-state index contributed by atoms with van der Waals surface area (Å²) in [5.74, 6) is -4.02. The predicted molar refractivity (Wildman–Crippen MR) is 40.2 cm³/mol. The highest BCUT2D eigenvalue weighted by atomic mass is 19.1. The van der Waals surface area contributed by atoms with Crippen molar-refractivity contribution in [1.82, 2.24) is 4.98 Å². The normalized spacial score (nSPS) is 12.5. The zero-order chi connectivity index (χ0) is 10.0. The largest absolute Gasteiger partial charge is 0.481 e. The summed E-state index contributed by atoms with van der Waals surface area (Å²) < 4.78 is 25.3. The van der Waals surface area contributed by atoms with E-state index in [0.29, 0.717) is 6.07 Å². The number of halogens is 2. The Labute approximate surface area is 73.0 Å². The Morgan fingerprint density at radius 1 is 1.62 bits per heavy atom. The van der Waals surface area contributed by atoms with Crippen LogP contribution in [0.3, 0.4) is 0 Å². The van der Waals surface area contributed by atoms with E-state index in [1.54, 1.807) is 0 Å². The lowest BCUT2D eigenvalue weighted by Gasteiger charge is -2.05. The summed E-state index contributed by atoms with van der Waals surface area (Å²) in [5, 5.41) is 8.53. The second-order valence-electron chi connectivity index (χ2n) is 2.58. The first kappa shape index (κ1) is 9.57. The van der Waals surface area contributed by atoms with Gasteiger partial charge < -0.3 is 5.11 Å². The van der Waals surface area contributed by atoms with Gasteiger partial charge in [0.25, 0.3) is 0 Å². The number of nitrogens with zero attached hydrogens (tertiary/aromatic N) is 1. The molecular weight excluding hydrogens is 180 g/mol. The minimum atomic E-state index is -1.20. The third kappa shape index (κ3) is 1.99. The lowest BCUT2D eigenvalue weighted by molar-refractivity contribution is -0.138. The Balaban J connectivity index is 3.08.